The van der Waals surface area contributed by atoms with Crippen LogP contribution in [0, 0.1) is 18.8 Å². The van der Waals surface area contributed by atoms with Gasteiger partial charge >= 0.3 is 0 Å². The molecule has 0 radical (unpaired) electrons. The maximum atomic E-state index is 13.8. The molecule has 6 rings (SSSR count). The van der Waals surface area contributed by atoms with E-state index in [1.54, 1.807) is 12.1 Å². The molecule has 0 spiro atoms. The van der Waals surface area contributed by atoms with Gasteiger partial charge in [-0.25, -0.2) is 4.98 Å². The highest BCUT2D eigenvalue weighted by atomic mass is 16.3. The van der Waals surface area contributed by atoms with Gasteiger partial charge in [-0.2, -0.15) is 5.10 Å². The van der Waals surface area contributed by atoms with Crippen molar-refractivity contribution < 1.29 is 19.5 Å². The second-order valence-electron chi connectivity index (χ2n) is 14.4. The number of nitrogens with zero attached hydrogens (tertiary/aromatic N) is 2. The Hall–Kier alpha value is -4.91. The van der Waals surface area contributed by atoms with Gasteiger partial charge in [0.1, 0.15) is 11.9 Å². The average Bonchev–Trinajstić information content (AvgIpc) is 3.67. The molecule has 0 bridgehead atoms. The third-order valence-corrected chi connectivity index (χ3v) is 10.6. The van der Waals surface area contributed by atoms with E-state index in [4.69, 9.17) is 10.8 Å². The first-order valence-corrected chi connectivity index (χ1v) is 18.9. The zero-order valence-electron chi connectivity index (χ0n) is 30.5. The summed E-state index contributed by atoms with van der Waals surface area (Å²) in [7, 11) is 0. The molecule has 2 aliphatic rings. The summed E-state index contributed by atoms with van der Waals surface area (Å²) in [4.78, 5) is 44.7. The maximum Gasteiger partial charge on any atom is 0.251 e. The van der Waals surface area contributed by atoms with Gasteiger partial charge in [0.25, 0.3) is 5.91 Å². The first-order chi connectivity index (χ1) is 25.8. The number of rotatable bonds is 14. The van der Waals surface area contributed by atoms with Crippen LogP contribution in [0.1, 0.15) is 72.3 Å². The summed E-state index contributed by atoms with van der Waals surface area (Å²) in [5.74, 6) is 1.09. The van der Waals surface area contributed by atoms with E-state index in [1.165, 1.54) is 0 Å². The molecule has 1 aliphatic carbocycles. The van der Waals surface area contributed by atoms with Crippen LogP contribution >= 0.6 is 0 Å². The lowest BCUT2D eigenvalue weighted by molar-refractivity contribution is -0.130. The molecule has 1 aliphatic heterocycles. The molecular formula is C41H52N8O4. The maximum absolute atomic E-state index is 13.8. The smallest absolute Gasteiger partial charge is 0.251 e. The van der Waals surface area contributed by atoms with Crippen molar-refractivity contribution in [2.24, 2.45) is 17.6 Å². The van der Waals surface area contributed by atoms with Gasteiger partial charge in [0.2, 0.25) is 11.8 Å². The first-order valence-electron chi connectivity index (χ1n) is 18.9. The van der Waals surface area contributed by atoms with E-state index < -0.39 is 6.04 Å². The van der Waals surface area contributed by atoms with Crippen LogP contribution in [0.5, 0.6) is 0 Å². The first kappa shape index (κ1) is 37.8. The number of benzene rings is 3. The number of anilines is 1. The number of H-pyrrole nitrogens is 1. The van der Waals surface area contributed by atoms with Crippen LogP contribution < -0.4 is 27.0 Å². The Labute approximate surface area is 311 Å². The minimum atomic E-state index is -0.790. The van der Waals surface area contributed by atoms with Gasteiger partial charge in [0.15, 0.2) is 5.82 Å². The van der Waals surface area contributed by atoms with Crippen molar-refractivity contribution >= 4 is 23.4 Å². The molecule has 1 aromatic heterocycles. The predicted molar refractivity (Wildman–Crippen MR) is 206 cm³/mol. The van der Waals surface area contributed by atoms with Crippen LogP contribution in [0.3, 0.4) is 0 Å². The predicted octanol–water partition coefficient (Wildman–Crippen LogP) is 4.28. The Morgan fingerprint density at radius 1 is 0.925 bits per heavy atom. The third kappa shape index (κ3) is 10.2. The number of piperidine rings is 1. The summed E-state index contributed by atoms with van der Waals surface area (Å²) < 4.78 is 0. The quantitative estimate of drug-likeness (QED) is 0.101. The van der Waals surface area contributed by atoms with Crippen LogP contribution in [0.4, 0.5) is 5.69 Å². The molecule has 2 heterocycles. The molecule has 2 fully saturated rings. The second kappa shape index (κ2) is 18.2. The summed E-state index contributed by atoms with van der Waals surface area (Å²) in [5.41, 5.74) is 11.9. The molecule has 4 aromatic rings. The van der Waals surface area contributed by atoms with Crippen molar-refractivity contribution in [3.05, 3.63) is 89.2 Å². The number of carbonyl (C=O) groups excluding carboxylic acids is 3. The molecule has 1 atom stereocenters. The van der Waals surface area contributed by atoms with Gasteiger partial charge in [-0.3, -0.25) is 19.5 Å². The Morgan fingerprint density at radius 2 is 1.64 bits per heavy atom. The number of nitrogens with one attached hydrogen (secondary N) is 5. The van der Waals surface area contributed by atoms with E-state index in [2.05, 4.69) is 36.4 Å². The number of hydrogen-bond donors (Lipinski definition) is 7. The summed E-state index contributed by atoms with van der Waals surface area (Å²) >= 11 is 0. The number of nitrogens with two attached hydrogens (primary N) is 1. The minimum Gasteiger partial charge on any atom is -0.396 e. The Balaban J connectivity index is 1.13. The molecular weight excluding hydrogens is 669 g/mol. The van der Waals surface area contributed by atoms with Crippen molar-refractivity contribution in [2.45, 2.75) is 76.8 Å². The number of aromatic nitrogens is 3. The van der Waals surface area contributed by atoms with Gasteiger partial charge in [-0.15, -0.1) is 0 Å². The summed E-state index contributed by atoms with van der Waals surface area (Å²) in [5, 5.41) is 28.8. The normalized spacial score (nSPS) is 18.2. The fourth-order valence-corrected chi connectivity index (χ4v) is 7.29. The van der Waals surface area contributed by atoms with E-state index in [0.29, 0.717) is 54.6 Å². The molecule has 280 valence electrons. The van der Waals surface area contributed by atoms with Crippen LogP contribution in [0.2, 0.25) is 0 Å². The van der Waals surface area contributed by atoms with E-state index in [0.717, 1.165) is 79.4 Å². The third-order valence-electron chi connectivity index (χ3n) is 10.6. The summed E-state index contributed by atoms with van der Waals surface area (Å²) in [6, 6.07) is 20.5. The van der Waals surface area contributed by atoms with Gasteiger partial charge in [0, 0.05) is 48.2 Å². The van der Waals surface area contributed by atoms with Crippen molar-refractivity contribution in [2.75, 3.05) is 31.6 Å². The van der Waals surface area contributed by atoms with Gasteiger partial charge in [-0.1, -0.05) is 30.3 Å². The number of aryl methyl sites for hydroxylation is 2. The minimum absolute atomic E-state index is 0.0461. The molecule has 53 heavy (non-hydrogen) atoms. The highest BCUT2D eigenvalue weighted by Crippen LogP contribution is 2.29. The highest BCUT2D eigenvalue weighted by Gasteiger charge is 2.29. The highest BCUT2D eigenvalue weighted by molar-refractivity contribution is 5.98. The Morgan fingerprint density at radius 3 is 2.32 bits per heavy atom. The number of aromatic amines is 1. The Bertz CT molecular complexity index is 1830. The zero-order valence-corrected chi connectivity index (χ0v) is 30.5. The van der Waals surface area contributed by atoms with Gasteiger partial charge in [-0.05, 0) is 136 Å². The van der Waals surface area contributed by atoms with Crippen molar-refractivity contribution in [1.29, 1.82) is 0 Å². The lowest BCUT2D eigenvalue weighted by Gasteiger charge is -2.28. The topological polar surface area (TPSA) is 187 Å². The van der Waals surface area contributed by atoms with Crippen LogP contribution in [0.15, 0.2) is 66.7 Å². The summed E-state index contributed by atoms with van der Waals surface area (Å²) in [6.45, 7) is 4.56. The molecule has 8 N–H and O–H groups in total. The molecule has 3 amide bonds. The van der Waals surface area contributed by atoms with E-state index >= 15 is 0 Å². The Kier molecular flexibility index (Phi) is 13.0. The summed E-state index contributed by atoms with van der Waals surface area (Å²) in [6.07, 6.45) is 6.74. The van der Waals surface area contributed by atoms with Crippen molar-refractivity contribution in [3.8, 4) is 22.5 Å². The second-order valence-corrected chi connectivity index (χ2v) is 14.4. The number of carbonyl (C=O) groups is 3. The SMILES string of the molecule is Cc1cc(C(=O)NC2CCNCC2)ccc1-c1ccc(CC(NC(=O)C2CCC(CN)CC2)C(=O)Nc2ccc(-c3n[nH]c(CCCO)n3)cc2)cc1. The van der Waals surface area contributed by atoms with Gasteiger partial charge in [0.05, 0.1) is 0 Å². The van der Waals surface area contributed by atoms with E-state index in [1.807, 2.05) is 61.5 Å². The molecule has 12 heteroatoms. The zero-order chi connectivity index (χ0) is 37.2. The number of amides is 3. The lowest BCUT2D eigenvalue weighted by atomic mass is 9.81. The fraction of sp³-hybridized carbons (Fsp3) is 0.439. The monoisotopic (exact) mass is 720 g/mol. The van der Waals surface area contributed by atoms with Crippen molar-refractivity contribution in [3.63, 3.8) is 0 Å². The van der Waals surface area contributed by atoms with Crippen LogP contribution in [-0.4, -0.2) is 76.3 Å². The molecule has 1 unspecified atom stereocenters. The van der Waals surface area contributed by atoms with Crippen LogP contribution in [-0.2, 0) is 22.4 Å². The van der Waals surface area contributed by atoms with Crippen molar-refractivity contribution in [1.82, 2.24) is 31.1 Å². The number of aliphatic hydroxyl groups is 1. The lowest BCUT2D eigenvalue weighted by Crippen LogP contribution is -2.48. The fourth-order valence-electron chi connectivity index (χ4n) is 7.29. The standard InChI is InChI=1S/C41H52N8O4/c1-26-23-32(40(52)44-34-18-20-43-21-19-34)14-17-35(26)29-8-4-27(5-9-29)24-36(46-39(51)31-10-6-28(25-42)7-11-31)41(53)45-33-15-12-30(13-16-33)38-47-37(48-49-38)3-2-22-50/h4-5,8-9,12-17,23,28,31,34,36,43,50H,2-3,6-7,10-11,18-22,24-25,42H2,1H3,(H,44,52)(H,45,53)(H,46,51)(H,47,48,49). The van der Waals surface area contributed by atoms with Gasteiger partial charge < -0.3 is 32.1 Å². The molecule has 1 saturated carbocycles. The number of hydrogen-bond acceptors (Lipinski definition) is 8. The van der Waals surface area contributed by atoms with Crippen LogP contribution in [0.25, 0.3) is 22.5 Å². The van der Waals surface area contributed by atoms with E-state index in [9.17, 15) is 14.4 Å². The largest absolute Gasteiger partial charge is 0.396 e. The van der Waals surface area contributed by atoms with E-state index in [-0.39, 0.29) is 36.3 Å². The molecule has 12 nitrogen and oxygen atoms in total. The molecule has 3 aromatic carbocycles. The number of aliphatic hydroxyl groups excluding tert-OH is 1. The molecule has 1 saturated heterocycles. The average molecular weight is 721 g/mol.